The van der Waals surface area contributed by atoms with Crippen molar-refractivity contribution in [3.8, 4) is 6.07 Å². The molecule has 1 aliphatic heterocycles. The van der Waals surface area contributed by atoms with Crippen molar-refractivity contribution >= 4 is 28.9 Å². The van der Waals surface area contributed by atoms with E-state index in [2.05, 4.69) is 16.3 Å². The van der Waals surface area contributed by atoms with Crippen molar-refractivity contribution < 1.29 is 9.72 Å². The summed E-state index contributed by atoms with van der Waals surface area (Å²) in [5.41, 5.74) is 0.0545. The van der Waals surface area contributed by atoms with Gasteiger partial charge >= 0.3 is 0 Å². The normalized spacial score (nSPS) is 14.7. The number of carbonyl (C=O) groups excluding carboxylic acids is 1. The Labute approximate surface area is 144 Å². The molecule has 1 amide bonds. The van der Waals surface area contributed by atoms with E-state index in [0.29, 0.717) is 24.6 Å². The second-order valence-corrected chi connectivity index (χ2v) is 5.69. The van der Waals surface area contributed by atoms with Crippen LogP contribution in [0.2, 0.25) is 0 Å². The second kappa shape index (κ2) is 8.33. The minimum atomic E-state index is -0.546. The minimum absolute atomic E-state index is 0.139. The number of nitro groups is 1. The lowest BCUT2D eigenvalue weighted by molar-refractivity contribution is -0.384. The van der Waals surface area contributed by atoms with Crippen LogP contribution in [0.25, 0.3) is 0 Å². The third-order valence-corrected chi connectivity index (χ3v) is 4.10. The molecule has 2 rings (SSSR count). The molecule has 0 aromatic heterocycles. The van der Waals surface area contributed by atoms with Crippen LogP contribution in [0, 0.1) is 21.4 Å². The fourth-order valence-corrected chi connectivity index (χ4v) is 2.67. The highest BCUT2D eigenvalue weighted by molar-refractivity contribution is 7.80. The van der Waals surface area contributed by atoms with Gasteiger partial charge in [-0.1, -0.05) is 6.07 Å². The minimum Gasteiger partial charge on any atom is -0.346 e. The SMILES string of the molecule is N#CCCN1CCN(C(=S)NC(=O)c2cccc([N+](=O)[O-])c2)CC1. The van der Waals surface area contributed by atoms with E-state index in [-0.39, 0.29) is 11.3 Å². The van der Waals surface area contributed by atoms with E-state index in [9.17, 15) is 14.9 Å². The third kappa shape index (κ3) is 4.71. The smallest absolute Gasteiger partial charge is 0.270 e. The van der Waals surface area contributed by atoms with Crippen molar-refractivity contribution in [2.24, 2.45) is 0 Å². The van der Waals surface area contributed by atoms with Crippen molar-refractivity contribution in [1.82, 2.24) is 15.1 Å². The van der Waals surface area contributed by atoms with E-state index in [0.717, 1.165) is 19.6 Å². The molecule has 24 heavy (non-hydrogen) atoms. The molecule has 0 aliphatic carbocycles. The lowest BCUT2D eigenvalue weighted by atomic mass is 10.2. The van der Waals surface area contributed by atoms with Crippen LogP contribution in [0.1, 0.15) is 16.8 Å². The summed E-state index contributed by atoms with van der Waals surface area (Å²) in [6.45, 7) is 3.61. The molecule has 1 aliphatic rings. The monoisotopic (exact) mass is 347 g/mol. The zero-order valence-electron chi connectivity index (χ0n) is 13.0. The summed E-state index contributed by atoms with van der Waals surface area (Å²) >= 11 is 5.25. The Kier molecular flexibility index (Phi) is 6.17. The van der Waals surface area contributed by atoms with Crippen LogP contribution < -0.4 is 5.32 Å². The largest absolute Gasteiger partial charge is 0.346 e. The zero-order valence-corrected chi connectivity index (χ0v) is 13.8. The molecule has 1 fully saturated rings. The van der Waals surface area contributed by atoms with Gasteiger partial charge in [0.1, 0.15) is 0 Å². The molecule has 0 bridgehead atoms. The number of nitro benzene ring substituents is 1. The fourth-order valence-electron chi connectivity index (χ4n) is 2.39. The lowest BCUT2D eigenvalue weighted by Crippen LogP contribution is -2.52. The second-order valence-electron chi connectivity index (χ2n) is 5.30. The molecule has 1 N–H and O–H groups in total. The van der Waals surface area contributed by atoms with Gasteiger partial charge in [0.25, 0.3) is 11.6 Å². The van der Waals surface area contributed by atoms with Crippen LogP contribution in [-0.4, -0.2) is 58.5 Å². The third-order valence-electron chi connectivity index (χ3n) is 3.74. The summed E-state index contributed by atoms with van der Waals surface area (Å²) in [4.78, 5) is 26.5. The van der Waals surface area contributed by atoms with E-state index < -0.39 is 10.8 Å². The predicted octanol–water partition coefficient (Wildman–Crippen LogP) is 1.14. The van der Waals surface area contributed by atoms with Crippen LogP contribution in [0.3, 0.4) is 0 Å². The topological polar surface area (TPSA) is 103 Å². The van der Waals surface area contributed by atoms with Gasteiger partial charge in [-0.15, -0.1) is 0 Å². The van der Waals surface area contributed by atoms with Gasteiger partial charge < -0.3 is 4.90 Å². The van der Waals surface area contributed by atoms with E-state index >= 15 is 0 Å². The highest BCUT2D eigenvalue weighted by Gasteiger charge is 2.20. The van der Waals surface area contributed by atoms with Crippen molar-refractivity contribution in [3.63, 3.8) is 0 Å². The number of rotatable bonds is 4. The summed E-state index contributed by atoms with van der Waals surface area (Å²) in [6.07, 6.45) is 0.494. The molecular formula is C15H17N5O3S. The molecule has 0 atom stereocenters. The maximum Gasteiger partial charge on any atom is 0.270 e. The van der Waals surface area contributed by atoms with Gasteiger partial charge in [-0.05, 0) is 18.3 Å². The van der Waals surface area contributed by atoms with Crippen LogP contribution in [0.15, 0.2) is 24.3 Å². The number of thiocarbonyl (C=S) groups is 1. The van der Waals surface area contributed by atoms with Crippen molar-refractivity contribution in [2.45, 2.75) is 6.42 Å². The van der Waals surface area contributed by atoms with Gasteiger partial charge in [0, 0.05) is 56.8 Å². The molecular weight excluding hydrogens is 330 g/mol. The number of benzene rings is 1. The Balaban J connectivity index is 1.89. The molecule has 0 unspecified atom stereocenters. The maximum atomic E-state index is 12.2. The number of hydrogen-bond donors (Lipinski definition) is 1. The molecule has 1 aromatic rings. The van der Waals surface area contributed by atoms with E-state index in [1.54, 1.807) is 0 Å². The molecule has 9 heteroatoms. The van der Waals surface area contributed by atoms with Crippen LogP contribution in [0.5, 0.6) is 0 Å². The standard InChI is InChI=1S/C15H17N5O3S/c16-5-2-6-18-7-9-19(10-8-18)15(24)17-14(21)12-3-1-4-13(11-12)20(22)23/h1,3-4,11H,2,6-10H2,(H,17,21,24). The molecule has 1 aromatic carbocycles. The van der Waals surface area contributed by atoms with Crippen LogP contribution in [-0.2, 0) is 0 Å². The number of piperazine rings is 1. The first-order valence-electron chi connectivity index (χ1n) is 7.45. The highest BCUT2D eigenvalue weighted by Crippen LogP contribution is 2.13. The molecule has 0 spiro atoms. The summed E-state index contributed by atoms with van der Waals surface area (Å²) in [7, 11) is 0. The molecule has 126 valence electrons. The highest BCUT2D eigenvalue weighted by atomic mass is 32.1. The van der Waals surface area contributed by atoms with E-state index in [4.69, 9.17) is 17.5 Å². The van der Waals surface area contributed by atoms with Gasteiger partial charge in [0.05, 0.1) is 11.0 Å². The average Bonchev–Trinajstić information content (AvgIpc) is 2.60. The number of amides is 1. The first kappa shape index (κ1) is 17.8. The molecule has 1 saturated heterocycles. The number of non-ortho nitro benzene ring substituents is 1. The Bertz CT molecular complexity index is 680. The van der Waals surface area contributed by atoms with Gasteiger partial charge in [-0.3, -0.25) is 25.1 Å². The van der Waals surface area contributed by atoms with Crippen molar-refractivity contribution in [2.75, 3.05) is 32.7 Å². The van der Waals surface area contributed by atoms with E-state index in [1.807, 2.05) is 4.90 Å². The fraction of sp³-hybridized carbons (Fsp3) is 0.400. The Morgan fingerprint density at radius 3 is 2.71 bits per heavy atom. The van der Waals surface area contributed by atoms with Gasteiger partial charge in [0.2, 0.25) is 0 Å². The molecule has 8 nitrogen and oxygen atoms in total. The number of hydrogen-bond acceptors (Lipinski definition) is 6. The summed E-state index contributed by atoms with van der Waals surface area (Å²) in [5, 5.41) is 22.3. The maximum absolute atomic E-state index is 12.2. The van der Waals surface area contributed by atoms with E-state index in [1.165, 1.54) is 24.3 Å². The van der Waals surface area contributed by atoms with Crippen molar-refractivity contribution in [3.05, 3.63) is 39.9 Å². The molecule has 1 heterocycles. The number of nitrogens with zero attached hydrogens (tertiary/aromatic N) is 4. The molecule has 0 saturated carbocycles. The van der Waals surface area contributed by atoms with Gasteiger partial charge in [-0.25, -0.2) is 0 Å². The van der Waals surface area contributed by atoms with Crippen molar-refractivity contribution in [1.29, 1.82) is 5.26 Å². The summed E-state index contributed by atoms with van der Waals surface area (Å²) in [5.74, 6) is -0.462. The first-order valence-corrected chi connectivity index (χ1v) is 7.86. The Hall–Kier alpha value is -2.57. The summed E-state index contributed by atoms with van der Waals surface area (Å²) < 4.78 is 0. The molecule has 0 radical (unpaired) electrons. The van der Waals surface area contributed by atoms with Gasteiger partial charge in [-0.2, -0.15) is 5.26 Å². The Morgan fingerprint density at radius 2 is 2.08 bits per heavy atom. The Morgan fingerprint density at radius 1 is 1.38 bits per heavy atom. The lowest BCUT2D eigenvalue weighted by Gasteiger charge is -2.35. The van der Waals surface area contributed by atoms with Crippen LogP contribution >= 0.6 is 12.2 Å². The number of carbonyl (C=O) groups is 1. The quantitative estimate of drug-likeness (QED) is 0.495. The summed E-state index contributed by atoms with van der Waals surface area (Å²) in [6, 6.07) is 7.64. The zero-order chi connectivity index (χ0) is 17.5. The number of nitriles is 1. The predicted molar refractivity (Wildman–Crippen MR) is 91.4 cm³/mol. The first-order chi connectivity index (χ1) is 11.5. The average molecular weight is 347 g/mol. The van der Waals surface area contributed by atoms with Gasteiger partial charge in [0.15, 0.2) is 5.11 Å². The van der Waals surface area contributed by atoms with Crippen LogP contribution in [0.4, 0.5) is 5.69 Å². The number of nitrogens with one attached hydrogen (secondary N) is 1.